The number of nitrogens with one attached hydrogen (secondary N) is 1. The van der Waals surface area contributed by atoms with Gasteiger partial charge in [-0.1, -0.05) is 24.2 Å². The van der Waals surface area contributed by atoms with Gasteiger partial charge < -0.3 is 14.7 Å². The van der Waals surface area contributed by atoms with Crippen LogP contribution in [0.5, 0.6) is 0 Å². The predicted octanol–water partition coefficient (Wildman–Crippen LogP) is 3.05. The maximum atomic E-state index is 13.7. The molecule has 1 aromatic carbocycles. The summed E-state index contributed by atoms with van der Waals surface area (Å²) in [6.45, 7) is 6.34. The van der Waals surface area contributed by atoms with Gasteiger partial charge in [-0.2, -0.15) is 4.98 Å². The predicted molar refractivity (Wildman–Crippen MR) is 100 cm³/mol. The van der Waals surface area contributed by atoms with Gasteiger partial charge >= 0.3 is 0 Å². The highest BCUT2D eigenvalue weighted by Gasteiger charge is 2.15. The van der Waals surface area contributed by atoms with E-state index in [-0.39, 0.29) is 18.2 Å². The molecule has 2 aromatic rings. The first-order chi connectivity index (χ1) is 13.1. The van der Waals surface area contributed by atoms with Crippen LogP contribution in [-0.2, 0) is 11.2 Å². The minimum Gasteiger partial charge on any atom is -0.356 e. The van der Waals surface area contributed by atoms with E-state index in [1.807, 2.05) is 0 Å². The highest BCUT2D eigenvalue weighted by atomic mass is 19.1. The van der Waals surface area contributed by atoms with Crippen molar-refractivity contribution in [2.75, 3.05) is 26.2 Å². The third kappa shape index (κ3) is 5.85. The zero-order chi connectivity index (χ0) is 19.1. The lowest BCUT2D eigenvalue weighted by Crippen LogP contribution is -2.35. The molecule has 0 atom stereocenters. The van der Waals surface area contributed by atoms with Crippen LogP contribution in [0.3, 0.4) is 0 Å². The fourth-order valence-electron chi connectivity index (χ4n) is 3.23. The highest BCUT2D eigenvalue weighted by molar-refractivity contribution is 5.75. The zero-order valence-electron chi connectivity index (χ0n) is 15.8. The smallest absolute Gasteiger partial charge is 0.227 e. The van der Waals surface area contributed by atoms with Crippen molar-refractivity contribution in [2.45, 2.75) is 39.0 Å². The standard InChI is InChI=1S/C20H27FN4O2/c1-15-9-13-25(14-10-15)12-4-11-22-18(26)7-8-19-23-20(24-27-19)16-5-2-3-6-17(16)21/h2-3,5-6,15H,4,7-14H2,1H3,(H,22,26). The summed E-state index contributed by atoms with van der Waals surface area (Å²) in [5.74, 6) is 0.952. The lowest BCUT2D eigenvalue weighted by Gasteiger charge is -2.30. The van der Waals surface area contributed by atoms with Crippen LogP contribution in [0.2, 0.25) is 0 Å². The summed E-state index contributed by atoms with van der Waals surface area (Å²) in [7, 11) is 0. The van der Waals surface area contributed by atoms with Crippen LogP contribution in [-0.4, -0.2) is 47.1 Å². The molecule has 1 aromatic heterocycles. The number of aryl methyl sites for hydroxylation is 1. The fourth-order valence-corrected chi connectivity index (χ4v) is 3.23. The van der Waals surface area contributed by atoms with Gasteiger partial charge in [0.1, 0.15) is 5.82 Å². The Bertz CT molecular complexity index is 741. The molecule has 27 heavy (non-hydrogen) atoms. The molecule has 2 heterocycles. The molecule has 1 amide bonds. The first-order valence-corrected chi connectivity index (χ1v) is 9.68. The number of amides is 1. The number of nitrogens with zero attached hydrogens (tertiary/aromatic N) is 3. The highest BCUT2D eigenvalue weighted by Crippen LogP contribution is 2.19. The van der Waals surface area contributed by atoms with Crippen molar-refractivity contribution in [1.29, 1.82) is 0 Å². The van der Waals surface area contributed by atoms with Crippen molar-refractivity contribution in [3.8, 4) is 11.4 Å². The molecule has 6 nitrogen and oxygen atoms in total. The van der Waals surface area contributed by atoms with Crippen molar-refractivity contribution in [3.05, 3.63) is 36.0 Å². The Balaban J connectivity index is 1.34. The Morgan fingerprint density at radius 3 is 2.89 bits per heavy atom. The van der Waals surface area contributed by atoms with Gasteiger partial charge in [0.2, 0.25) is 17.6 Å². The number of benzene rings is 1. The zero-order valence-corrected chi connectivity index (χ0v) is 15.8. The van der Waals surface area contributed by atoms with E-state index in [0.717, 1.165) is 32.0 Å². The largest absolute Gasteiger partial charge is 0.356 e. The molecule has 1 fully saturated rings. The van der Waals surface area contributed by atoms with Crippen LogP contribution >= 0.6 is 0 Å². The molecule has 1 N–H and O–H groups in total. The summed E-state index contributed by atoms with van der Waals surface area (Å²) in [5.41, 5.74) is 0.295. The van der Waals surface area contributed by atoms with Crippen molar-refractivity contribution >= 4 is 5.91 Å². The third-order valence-electron chi connectivity index (χ3n) is 5.00. The average molecular weight is 374 g/mol. The molecule has 0 saturated carbocycles. The molecular formula is C20H27FN4O2. The molecular weight excluding hydrogens is 347 g/mol. The summed E-state index contributed by atoms with van der Waals surface area (Å²) in [6.07, 6.45) is 4.12. The number of carbonyl (C=O) groups excluding carboxylic acids is 1. The average Bonchev–Trinajstić information content (AvgIpc) is 3.14. The van der Waals surface area contributed by atoms with Gasteiger partial charge in [-0.05, 0) is 56.9 Å². The van der Waals surface area contributed by atoms with Crippen LogP contribution in [0.15, 0.2) is 28.8 Å². The Morgan fingerprint density at radius 1 is 1.33 bits per heavy atom. The second-order valence-corrected chi connectivity index (χ2v) is 7.22. The van der Waals surface area contributed by atoms with Gasteiger partial charge in [0.05, 0.1) is 5.56 Å². The van der Waals surface area contributed by atoms with E-state index in [1.54, 1.807) is 18.2 Å². The Labute approximate surface area is 159 Å². The molecule has 146 valence electrons. The lowest BCUT2D eigenvalue weighted by molar-refractivity contribution is -0.121. The van der Waals surface area contributed by atoms with E-state index >= 15 is 0 Å². The van der Waals surface area contributed by atoms with E-state index in [9.17, 15) is 9.18 Å². The number of rotatable bonds is 8. The van der Waals surface area contributed by atoms with Crippen LogP contribution in [0.1, 0.15) is 38.5 Å². The second-order valence-electron chi connectivity index (χ2n) is 7.22. The second kappa shape index (κ2) is 9.60. The van der Waals surface area contributed by atoms with Gasteiger partial charge in [-0.15, -0.1) is 0 Å². The lowest BCUT2D eigenvalue weighted by atomic mass is 9.99. The summed E-state index contributed by atoms with van der Waals surface area (Å²) in [6, 6.07) is 6.27. The van der Waals surface area contributed by atoms with Crippen LogP contribution in [0, 0.1) is 11.7 Å². The quantitative estimate of drug-likeness (QED) is 0.719. The first kappa shape index (κ1) is 19.5. The molecule has 3 rings (SSSR count). The minimum absolute atomic E-state index is 0.0343. The summed E-state index contributed by atoms with van der Waals surface area (Å²) in [5, 5.41) is 6.73. The molecule has 0 aliphatic carbocycles. The normalized spacial score (nSPS) is 15.8. The van der Waals surface area contributed by atoms with E-state index in [2.05, 4.69) is 27.3 Å². The van der Waals surface area contributed by atoms with E-state index in [4.69, 9.17) is 4.52 Å². The number of halogens is 1. The van der Waals surface area contributed by atoms with Crippen molar-refractivity contribution in [2.24, 2.45) is 5.92 Å². The summed E-state index contributed by atoms with van der Waals surface area (Å²) >= 11 is 0. The maximum absolute atomic E-state index is 13.7. The monoisotopic (exact) mass is 374 g/mol. The SMILES string of the molecule is CC1CCN(CCCNC(=O)CCc2nc(-c3ccccc3F)no2)CC1. The molecule has 0 spiro atoms. The molecule has 0 unspecified atom stereocenters. The number of piperidine rings is 1. The van der Waals surface area contributed by atoms with Crippen LogP contribution < -0.4 is 5.32 Å². The molecule has 1 aliphatic rings. The number of hydrogen-bond acceptors (Lipinski definition) is 5. The van der Waals surface area contributed by atoms with E-state index < -0.39 is 5.82 Å². The van der Waals surface area contributed by atoms with Crippen molar-refractivity contribution < 1.29 is 13.7 Å². The Kier molecular flexibility index (Phi) is 6.92. The van der Waals surface area contributed by atoms with E-state index in [1.165, 1.54) is 18.9 Å². The Hall–Kier alpha value is -2.28. The summed E-state index contributed by atoms with van der Waals surface area (Å²) < 4.78 is 18.9. The number of likely N-dealkylation sites (tertiary alicyclic amines) is 1. The number of carbonyl (C=O) groups is 1. The van der Waals surface area contributed by atoms with Gasteiger partial charge in [-0.3, -0.25) is 4.79 Å². The maximum Gasteiger partial charge on any atom is 0.227 e. The van der Waals surface area contributed by atoms with Gasteiger partial charge in [0, 0.05) is 19.4 Å². The molecule has 7 heteroatoms. The minimum atomic E-state index is -0.397. The number of hydrogen-bond donors (Lipinski definition) is 1. The Morgan fingerprint density at radius 2 is 2.11 bits per heavy atom. The van der Waals surface area contributed by atoms with Gasteiger partial charge in [0.15, 0.2) is 0 Å². The summed E-state index contributed by atoms with van der Waals surface area (Å²) in [4.78, 5) is 18.6. The van der Waals surface area contributed by atoms with Crippen molar-refractivity contribution in [1.82, 2.24) is 20.4 Å². The first-order valence-electron chi connectivity index (χ1n) is 9.68. The van der Waals surface area contributed by atoms with Gasteiger partial charge in [0.25, 0.3) is 0 Å². The topological polar surface area (TPSA) is 71.3 Å². The fraction of sp³-hybridized carbons (Fsp3) is 0.550. The van der Waals surface area contributed by atoms with Gasteiger partial charge in [-0.25, -0.2) is 4.39 Å². The molecule has 0 radical (unpaired) electrons. The number of aromatic nitrogens is 2. The van der Waals surface area contributed by atoms with E-state index in [0.29, 0.717) is 24.4 Å². The van der Waals surface area contributed by atoms with Crippen molar-refractivity contribution in [3.63, 3.8) is 0 Å². The third-order valence-corrected chi connectivity index (χ3v) is 5.00. The molecule has 1 aliphatic heterocycles. The molecule has 1 saturated heterocycles. The van der Waals surface area contributed by atoms with Crippen LogP contribution in [0.25, 0.3) is 11.4 Å². The molecule has 0 bridgehead atoms. The van der Waals surface area contributed by atoms with Crippen LogP contribution in [0.4, 0.5) is 4.39 Å².